The van der Waals surface area contributed by atoms with Crippen molar-refractivity contribution in [3.05, 3.63) is 83.9 Å². The number of carbonyl (C=O) groups is 8. The molecule has 0 aliphatic carbocycles. The number of amides is 6. The molecule has 75 heavy (non-hydrogen) atoms. The number of hydrogen-bond donors (Lipinski definition) is 12. The van der Waals surface area contributed by atoms with Crippen LogP contribution in [0.3, 0.4) is 0 Å². The van der Waals surface area contributed by atoms with Crippen LogP contribution in [-0.4, -0.2) is 151 Å². The molecule has 1 aromatic heterocycles. The number of nitrogens with one attached hydrogen (secondary N) is 6. The number of halogens is 3. The lowest BCUT2D eigenvalue weighted by Gasteiger charge is -2.32. The summed E-state index contributed by atoms with van der Waals surface area (Å²) in [5, 5.41) is 40.7. The third kappa shape index (κ3) is 20.9. The van der Waals surface area contributed by atoms with Gasteiger partial charge in [0.15, 0.2) is 5.96 Å². The van der Waals surface area contributed by atoms with Crippen molar-refractivity contribution in [2.24, 2.45) is 34.0 Å². The van der Waals surface area contributed by atoms with Crippen LogP contribution in [0.15, 0.2) is 72.1 Å². The van der Waals surface area contributed by atoms with Gasteiger partial charge in [-0.1, -0.05) is 76.6 Å². The van der Waals surface area contributed by atoms with E-state index < -0.39 is 108 Å². The number of aromatic nitrogens is 2. The number of aromatic amines is 1. The minimum Gasteiger partial charge on any atom is -0.508 e. The van der Waals surface area contributed by atoms with E-state index in [0.29, 0.717) is 36.1 Å². The lowest BCUT2D eigenvalue weighted by Crippen LogP contribution is -2.61. The van der Waals surface area contributed by atoms with Gasteiger partial charge in [-0.3, -0.25) is 33.8 Å². The summed E-state index contributed by atoms with van der Waals surface area (Å²) in [5.41, 5.74) is 18.6. The monoisotopic (exact) mass is 1060 g/mol. The fraction of sp³-hybridized carbons (Fsp3) is 0.500. The number of guanidine groups is 1. The van der Waals surface area contributed by atoms with E-state index in [9.17, 15) is 56.9 Å². The van der Waals surface area contributed by atoms with Crippen LogP contribution in [0.4, 0.5) is 13.2 Å². The van der Waals surface area contributed by atoms with Crippen LogP contribution in [0.25, 0.3) is 0 Å². The van der Waals surface area contributed by atoms with Crippen molar-refractivity contribution < 1.29 is 72.3 Å². The number of hydrogen-bond acceptors (Lipinski definition) is 12. The Balaban J connectivity index is 0.00000224. The maximum Gasteiger partial charge on any atom is 0.490 e. The summed E-state index contributed by atoms with van der Waals surface area (Å²) in [4.78, 5) is 117. The molecule has 1 saturated heterocycles. The molecule has 17 N–H and O–H groups in total. The maximum absolute atomic E-state index is 14.5. The van der Waals surface area contributed by atoms with Crippen LogP contribution in [0.1, 0.15) is 76.6 Å². The first-order valence-electron chi connectivity index (χ1n) is 23.8. The van der Waals surface area contributed by atoms with Crippen molar-refractivity contribution in [2.45, 2.75) is 128 Å². The smallest absolute Gasteiger partial charge is 0.490 e. The fourth-order valence-corrected chi connectivity index (χ4v) is 7.64. The van der Waals surface area contributed by atoms with E-state index in [-0.39, 0.29) is 62.4 Å². The number of nitrogens with zero attached hydrogens (tertiary/aromatic N) is 3. The van der Waals surface area contributed by atoms with Gasteiger partial charge in [0.2, 0.25) is 35.4 Å². The number of benzene rings is 2. The Labute approximate surface area is 430 Å². The lowest BCUT2D eigenvalue weighted by atomic mass is 9.96. The van der Waals surface area contributed by atoms with Gasteiger partial charge in [-0.15, -0.1) is 0 Å². The molecule has 1 aliphatic heterocycles. The first-order chi connectivity index (χ1) is 34.8. The van der Waals surface area contributed by atoms with Gasteiger partial charge in [0, 0.05) is 44.2 Å². The number of carboxylic acids is 2. The highest BCUT2D eigenvalue weighted by Crippen LogP contribution is 2.21. The average Bonchev–Trinajstić information content (AvgIpc) is 4.06. The number of carboxylic acid groups (broad SMARTS) is 2. The van der Waals surface area contributed by atoms with Gasteiger partial charge in [0.1, 0.15) is 42.0 Å². The zero-order chi connectivity index (χ0) is 55.3. The number of phenolic OH excluding ortho intramolecular Hbond substituents is 1. The van der Waals surface area contributed by atoms with Crippen LogP contribution < -0.4 is 43.8 Å². The zero-order valence-electron chi connectivity index (χ0n) is 41.9. The molecule has 1 aliphatic rings. The minimum atomic E-state index is -5.08. The highest BCUT2D eigenvalue weighted by Gasteiger charge is 2.41. The summed E-state index contributed by atoms with van der Waals surface area (Å²) in [6.07, 6.45) is -0.564. The summed E-state index contributed by atoms with van der Waals surface area (Å²) in [7, 11) is 0. The number of aliphatic carboxylic acids is 2. The van der Waals surface area contributed by atoms with Gasteiger partial charge < -0.3 is 74.5 Å². The largest absolute Gasteiger partial charge is 0.508 e. The molecule has 0 radical (unpaired) electrons. The van der Waals surface area contributed by atoms with E-state index in [0.717, 1.165) is 0 Å². The normalized spacial score (nSPS) is 15.9. The van der Waals surface area contributed by atoms with Crippen molar-refractivity contribution in [3.8, 4) is 5.75 Å². The topological polar surface area (TPSA) is 411 Å². The van der Waals surface area contributed by atoms with E-state index in [4.69, 9.17) is 27.1 Å². The fourth-order valence-electron chi connectivity index (χ4n) is 7.64. The number of aliphatic imine (C=N–C) groups is 1. The Bertz CT molecular complexity index is 2370. The molecule has 414 valence electrons. The summed E-state index contributed by atoms with van der Waals surface area (Å²) in [6.45, 7) is 7.40. The van der Waals surface area contributed by atoms with E-state index >= 15 is 0 Å². The second kappa shape index (κ2) is 30.4. The zero-order valence-corrected chi connectivity index (χ0v) is 41.9. The Morgan fingerprint density at radius 2 is 1.37 bits per heavy atom. The molecule has 4 rings (SSSR count). The first kappa shape index (κ1) is 63.3. The highest BCUT2D eigenvalue weighted by molar-refractivity contribution is 5.97. The van der Waals surface area contributed by atoms with Crippen LogP contribution in [0.5, 0.6) is 5.75 Å². The van der Waals surface area contributed by atoms with Crippen LogP contribution >= 0.6 is 0 Å². The van der Waals surface area contributed by atoms with Crippen molar-refractivity contribution in [3.63, 3.8) is 0 Å². The number of H-pyrrole nitrogens is 1. The summed E-state index contributed by atoms with van der Waals surface area (Å²) in [6, 6.07) is 6.64. The second-order valence-corrected chi connectivity index (χ2v) is 18.0. The molecule has 0 unspecified atom stereocenters. The van der Waals surface area contributed by atoms with Gasteiger partial charge in [-0.2, -0.15) is 13.2 Å². The Kier molecular flexibility index (Phi) is 25.7. The predicted molar refractivity (Wildman–Crippen MR) is 266 cm³/mol. The number of aromatic hydroxyl groups is 1. The number of likely N-dealkylation sites (tertiary alicyclic amines) is 1. The van der Waals surface area contributed by atoms with Crippen LogP contribution in [-0.2, 0) is 57.6 Å². The molecule has 2 aromatic carbocycles. The van der Waals surface area contributed by atoms with E-state index in [2.05, 4.69) is 41.5 Å². The van der Waals surface area contributed by atoms with Gasteiger partial charge in [0.25, 0.3) is 0 Å². The molecule has 6 amide bonds. The third-order valence-corrected chi connectivity index (χ3v) is 11.9. The number of imidazole rings is 1. The van der Waals surface area contributed by atoms with E-state index in [1.165, 1.54) is 29.6 Å². The Morgan fingerprint density at radius 3 is 1.92 bits per heavy atom. The molecule has 0 saturated carbocycles. The predicted octanol–water partition coefficient (Wildman–Crippen LogP) is -0.466. The van der Waals surface area contributed by atoms with Crippen molar-refractivity contribution in [1.82, 2.24) is 41.5 Å². The average molecular weight is 1060 g/mol. The van der Waals surface area contributed by atoms with Crippen LogP contribution in [0, 0.1) is 11.8 Å². The number of phenols is 1. The molecule has 1 fully saturated rings. The first-order valence-corrected chi connectivity index (χ1v) is 23.8. The van der Waals surface area contributed by atoms with Gasteiger partial charge in [-0.05, 0) is 60.8 Å². The third-order valence-electron chi connectivity index (χ3n) is 11.9. The van der Waals surface area contributed by atoms with Crippen molar-refractivity contribution in [1.29, 1.82) is 0 Å². The lowest BCUT2D eigenvalue weighted by molar-refractivity contribution is -0.192. The summed E-state index contributed by atoms with van der Waals surface area (Å²) in [5.74, 6) is -9.06. The van der Waals surface area contributed by atoms with Crippen LogP contribution in [0.2, 0.25) is 0 Å². The highest BCUT2D eigenvalue weighted by atomic mass is 19.4. The number of carbonyl (C=O) groups excluding carboxylic acids is 6. The van der Waals surface area contributed by atoms with Gasteiger partial charge in [0.05, 0.1) is 12.4 Å². The molecule has 27 heteroatoms. The summed E-state index contributed by atoms with van der Waals surface area (Å²) < 4.78 is 31.7. The second-order valence-electron chi connectivity index (χ2n) is 18.0. The standard InChI is InChI=1S/C46H66N12O9.C2HF3O2.H2O/c1-5-27(4)38(57-40(61)33(21-29-15-17-31(59)18-16-29)53-42(63)37(26(2)3)56-39(60)32(47)13-9-19-51-46(48)49)43(64)54-34(23-30-24-50-25-52-30)44(65)58-20-10-14-36(58)41(62)55-35(45(66)67)22-28-11-7-6-8-12-28;3-2(4,5)1(6)7;/h6-8,11-12,15-18,24-27,32-38,59H,5,9-10,13-14,19-23,47H2,1-4H3,(H,50,52)(H,53,63)(H,54,64)(H,55,62)(H,56,60)(H,57,61)(H,66,67)(H4,48,49,51);(H,6,7);1H2/t27-,32-,33-,34-,35-,36-,37-,38-;;/m0../s1. The van der Waals surface area contributed by atoms with Gasteiger partial charge in [-0.25, -0.2) is 14.6 Å². The number of nitrogens with two attached hydrogens (primary N) is 3. The SMILES string of the molecule is CC[C@H](C)[C@H](NC(=O)[C@H](Cc1ccc(O)cc1)NC(=O)[C@@H](NC(=O)[C@@H](N)CCCN=C(N)N)C(C)C)C(=O)N[C@@H](Cc1cnc[nH]1)C(=O)N1CCC[C@H]1C(=O)N[C@@H](Cc1ccccc1)C(=O)O.O.O=C(O)C(F)(F)F. The quantitative estimate of drug-likeness (QED) is 0.0290. The molecule has 2 heterocycles. The Hall–Kier alpha value is -7.81. The molecule has 3 aromatic rings. The van der Waals surface area contributed by atoms with E-state index in [1.54, 1.807) is 63.2 Å². The Morgan fingerprint density at radius 1 is 0.800 bits per heavy atom. The molecular formula is C48H69F3N12O12. The molecule has 8 atom stereocenters. The minimum absolute atomic E-state index is 0. The van der Waals surface area contributed by atoms with Crippen molar-refractivity contribution >= 4 is 53.3 Å². The van der Waals surface area contributed by atoms with Gasteiger partial charge >= 0.3 is 18.1 Å². The summed E-state index contributed by atoms with van der Waals surface area (Å²) >= 11 is 0. The molecule has 24 nitrogen and oxygen atoms in total. The molecule has 0 bridgehead atoms. The maximum atomic E-state index is 14.5. The molecule has 0 spiro atoms. The molecular weight excluding hydrogens is 994 g/mol. The number of rotatable bonds is 25. The number of alkyl halides is 3. The van der Waals surface area contributed by atoms with Crippen molar-refractivity contribution in [2.75, 3.05) is 13.1 Å². The van der Waals surface area contributed by atoms with E-state index in [1.807, 2.05) is 6.92 Å².